The molecule has 4 nitrogen and oxygen atoms in total. The molecule has 0 bridgehead atoms. The lowest BCUT2D eigenvalue weighted by atomic mass is 10.2. The Kier molecular flexibility index (Phi) is 5.99. The third-order valence-electron chi connectivity index (χ3n) is 3.11. The zero-order chi connectivity index (χ0) is 17.0. The molecule has 0 aromatic heterocycles. The van der Waals surface area contributed by atoms with E-state index in [1.807, 2.05) is 0 Å². The lowest BCUT2D eigenvalue weighted by Crippen LogP contribution is -2.31. The number of rotatable bonds is 5. The predicted octanol–water partition coefficient (Wildman–Crippen LogP) is 5.09. The van der Waals surface area contributed by atoms with E-state index in [4.69, 9.17) is 39.5 Å². The summed E-state index contributed by atoms with van der Waals surface area (Å²) in [5, 5.41) is 7.17. The number of carbonyl (C=O) groups excluding carboxylic acids is 1. The van der Waals surface area contributed by atoms with Crippen molar-refractivity contribution in [2.75, 3.05) is 17.7 Å². The summed E-state index contributed by atoms with van der Waals surface area (Å²) in [6, 6.07) is 9.57. The minimum Gasteiger partial charge on any atom is -0.495 e. The van der Waals surface area contributed by atoms with Crippen molar-refractivity contribution in [2.24, 2.45) is 0 Å². The Bertz CT molecular complexity index is 722. The van der Waals surface area contributed by atoms with Gasteiger partial charge in [-0.05, 0) is 43.3 Å². The average molecular weight is 374 g/mol. The van der Waals surface area contributed by atoms with E-state index >= 15 is 0 Å². The summed E-state index contributed by atoms with van der Waals surface area (Å²) in [7, 11) is 1.54. The third kappa shape index (κ3) is 4.67. The van der Waals surface area contributed by atoms with Crippen molar-refractivity contribution in [3.8, 4) is 5.75 Å². The monoisotopic (exact) mass is 372 g/mol. The lowest BCUT2D eigenvalue weighted by molar-refractivity contribution is -0.116. The Balaban J connectivity index is 2.05. The molecule has 1 amide bonds. The number of anilines is 2. The first kappa shape index (κ1) is 17.7. The molecule has 0 radical (unpaired) electrons. The van der Waals surface area contributed by atoms with E-state index in [1.165, 1.54) is 0 Å². The Labute approximate surface area is 149 Å². The molecule has 2 rings (SSSR count). The van der Waals surface area contributed by atoms with Crippen LogP contribution in [0.5, 0.6) is 5.75 Å². The number of benzene rings is 2. The van der Waals surface area contributed by atoms with Crippen LogP contribution in [-0.4, -0.2) is 19.1 Å². The van der Waals surface area contributed by atoms with Crippen molar-refractivity contribution in [3.63, 3.8) is 0 Å². The van der Waals surface area contributed by atoms with Crippen molar-refractivity contribution in [1.82, 2.24) is 0 Å². The van der Waals surface area contributed by atoms with Crippen LogP contribution in [-0.2, 0) is 4.79 Å². The molecule has 0 saturated carbocycles. The van der Waals surface area contributed by atoms with E-state index in [0.717, 1.165) is 0 Å². The summed E-state index contributed by atoms with van der Waals surface area (Å²) in [5.74, 6) is 0.320. The smallest absolute Gasteiger partial charge is 0.246 e. The van der Waals surface area contributed by atoms with Gasteiger partial charge < -0.3 is 15.4 Å². The second-order valence-electron chi connectivity index (χ2n) is 4.83. The molecule has 23 heavy (non-hydrogen) atoms. The Morgan fingerprint density at radius 1 is 1.09 bits per heavy atom. The van der Waals surface area contributed by atoms with E-state index in [1.54, 1.807) is 50.4 Å². The van der Waals surface area contributed by atoms with Crippen molar-refractivity contribution in [3.05, 3.63) is 51.5 Å². The molecule has 2 aromatic carbocycles. The summed E-state index contributed by atoms with van der Waals surface area (Å²) >= 11 is 18.0. The summed E-state index contributed by atoms with van der Waals surface area (Å²) < 4.78 is 5.09. The molecule has 0 aliphatic carbocycles. The average Bonchev–Trinajstić information content (AvgIpc) is 2.51. The van der Waals surface area contributed by atoms with Gasteiger partial charge in [-0.25, -0.2) is 0 Å². The standard InChI is InChI=1S/C16H15Cl3N2O2/c1-9(20-11-4-6-15(23-2)13(19)8-11)16(22)21-14-7-10(17)3-5-12(14)18/h3-9,20H,1-2H3,(H,21,22). The zero-order valence-corrected chi connectivity index (χ0v) is 14.8. The Morgan fingerprint density at radius 3 is 2.48 bits per heavy atom. The SMILES string of the molecule is COc1ccc(NC(C)C(=O)Nc2cc(Cl)ccc2Cl)cc1Cl. The van der Waals surface area contributed by atoms with Gasteiger partial charge in [0.25, 0.3) is 0 Å². The van der Waals surface area contributed by atoms with Crippen molar-refractivity contribution in [2.45, 2.75) is 13.0 Å². The van der Waals surface area contributed by atoms with E-state index in [-0.39, 0.29) is 5.91 Å². The van der Waals surface area contributed by atoms with Gasteiger partial charge in [0.2, 0.25) is 5.91 Å². The molecule has 7 heteroatoms. The van der Waals surface area contributed by atoms with Gasteiger partial charge in [0, 0.05) is 10.7 Å². The molecule has 0 aliphatic heterocycles. The first-order valence-electron chi connectivity index (χ1n) is 6.76. The molecule has 1 atom stereocenters. The number of carbonyl (C=O) groups is 1. The fourth-order valence-electron chi connectivity index (χ4n) is 1.91. The number of amides is 1. The molecule has 122 valence electrons. The Morgan fingerprint density at radius 2 is 1.83 bits per heavy atom. The second kappa shape index (κ2) is 7.77. The van der Waals surface area contributed by atoms with Crippen LogP contribution in [0.15, 0.2) is 36.4 Å². The first-order valence-corrected chi connectivity index (χ1v) is 7.90. The topological polar surface area (TPSA) is 50.4 Å². The van der Waals surface area contributed by atoms with Crippen LogP contribution in [0.3, 0.4) is 0 Å². The highest BCUT2D eigenvalue weighted by atomic mass is 35.5. The molecule has 0 fully saturated rings. The van der Waals surface area contributed by atoms with Crippen LogP contribution in [0, 0.1) is 0 Å². The minimum absolute atomic E-state index is 0.249. The van der Waals surface area contributed by atoms with Gasteiger partial charge in [-0.1, -0.05) is 34.8 Å². The summed E-state index contributed by atoms with van der Waals surface area (Å²) in [6.07, 6.45) is 0. The van der Waals surface area contributed by atoms with Crippen molar-refractivity contribution < 1.29 is 9.53 Å². The molecule has 0 aliphatic rings. The van der Waals surface area contributed by atoms with Crippen LogP contribution in [0.1, 0.15) is 6.92 Å². The number of methoxy groups -OCH3 is 1. The van der Waals surface area contributed by atoms with E-state index in [2.05, 4.69) is 10.6 Å². The number of hydrogen-bond donors (Lipinski definition) is 2. The first-order chi connectivity index (χ1) is 10.9. The third-order valence-corrected chi connectivity index (χ3v) is 3.97. The normalized spacial score (nSPS) is 11.7. The molecule has 2 aromatic rings. The number of hydrogen-bond acceptors (Lipinski definition) is 3. The van der Waals surface area contributed by atoms with E-state index < -0.39 is 6.04 Å². The van der Waals surface area contributed by atoms with E-state index in [0.29, 0.717) is 32.2 Å². The van der Waals surface area contributed by atoms with Crippen LogP contribution in [0.2, 0.25) is 15.1 Å². The molecule has 0 heterocycles. The summed E-state index contributed by atoms with van der Waals surface area (Å²) in [4.78, 5) is 12.3. The van der Waals surface area contributed by atoms with Gasteiger partial charge in [0.05, 0.1) is 22.8 Å². The highest BCUT2D eigenvalue weighted by molar-refractivity contribution is 6.35. The molecular formula is C16H15Cl3N2O2. The van der Waals surface area contributed by atoms with Crippen LogP contribution in [0.4, 0.5) is 11.4 Å². The quantitative estimate of drug-likeness (QED) is 0.767. The van der Waals surface area contributed by atoms with E-state index in [9.17, 15) is 4.79 Å². The van der Waals surface area contributed by atoms with Gasteiger partial charge in [0.15, 0.2) is 0 Å². The van der Waals surface area contributed by atoms with Crippen LogP contribution >= 0.6 is 34.8 Å². The van der Waals surface area contributed by atoms with Gasteiger partial charge in [-0.15, -0.1) is 0 Å². The Hall–Kier alpha value is -1.62. The number of nitrogens with one attached hydrogen (secondary N) is 2. The molecule has 1 unspecified atom stereocenters. The maximum Gasteiger partial charge on any atom is 0.246 e. The lowest BCUT2D eigenvalue weighted by Gasteiger charge is -2.16. The van der Waals surface area contributed by atoms with Crippen molar-refractivity contribution in [1.29, 1.82) is 0 Å². The number of ether oxygens (including phenoxy) is 1. The summed E-state index contributed by atoms with van der Waals surface area (Å²) in [6.45, 7) is 1.73. The van der Waals surface area contributed by atoms with Gasteiger partial charge >= 0.3 is 0 Å². The van der Waals surface area contributed by atoms with Crippen LogP contribution < -0.4 is 15.4 Å². The molecule has 0 saturated heterocycles. The number of halogens is 3. The molecule has 2 N–H and O–H groups in total. The fourth-order valence-corrected chi connectivity index (χ4v) is 2.50. The highest BCUT2D eigenvalue weighted by Crippen LogP contribution is 2.28. The predicted molar refractivity (Wildman–Crippen MR) is 96.2 cm³/mol. The zero-order valence-electron chi connectivity index (χ0n) is 12.5. The maximum absolute atomic E-state index is 12.3. The second-order valence-corrected chi connectivity index (χ2v) is 6.08. The fraction of sp³-hybridized carbons (Fsp3) is 0.188. The van der Waals surface area contributed by atoms with Crippen LogP contribution in [0.25, 0.3) is 0 Å². The van der Waals surface area contributed by atoms with Gasteiger partial charge in [0.1, 0.15) is 11.8 Å². The van der Waals surface area contributed by atoms with Gasteiger partial charge in [-0.3, -0.25) is 4.79 Å². The molecular weight excluding hydrogens is 359 g/mol. The maximum atomic E-state index is 12.3. The minimum atomic E-state index is -0.505. The highest BCUT2D eigenvalue weighted by Gasteiger charge is 2.15. The van der Waals surface area contributed by atoms with Gasteiger partial charge in [-0.2, -0.15) is 0 Å². The van der Waals surface area contributed by atoms with Crippen molar-refractivity contribution >= 4 is 52.1 Å². The largest absolute Gasteiger partial charge is 0.495 e. The summed E-state index contributed by atoms with van der Waals surface area (Å²) in [5.41, 5.74) is 1.17. The molecule has 0 spiro atoms.